The number of carbonyl (C=O) groups excluding carboxylic acids is 1. The van der Waals surface area contributed by atoms with Gasteiger partial charge in [-0.1, -0.05) is 23.7 Å². The molecule has 1 amide bonds. The van der Waals surface area contributed by atoms with Crippen molar-refractivity contribution in [2.24, 2.45) is 16.6 Å². The highest BCUT2D eigenvalue weighted by atomic mass is 35.5. The first-order valence-electron chi connectivity index (χ1n) is 10.4. The van der Waals surface area contributed by atoms with Crippen LogP contribution in [0.2, 0.25) is 5.02 Å². The Morgan fingerprint density at radius 2 is 2.03 bits per heavy atom. The van der Waals surface area contributed by atoms with E-state index >= 15 is 0 Å². The molecule has 0 saturated carbocycles. The van der Waals surface area contributed by atoms with Crippen LogP contribution in [0, 0.1) is 5.92 Å². The molecule has 0 aliphatic carbocycles. The summed E-state index contributed by atoms with van der Waals surface area (Å²) in [5.74, 6) is 0.951. The number of rotatable bonds is 6. The van der Waals surface area contributed by atoms with E-state index in [1.54, 1.807) is 0 Å². The van der Waals surface area contributed by atoms with Crippen LogP contribution < -0.4 is 11.1 Å². The summed E-state index contributed by atoms with van der Waals surface area (Å²) in [6.07, 6.45) is 2.52. The van der Waals surface area contributed by atoms with E-state index in [1.165, 1.54) is 5.56 Å². The Bertz CT molecular complexity index is 691. The average Bonchev–Trinajstić information content (AvgIpc) is 2.73. The van der Waals surface area contributed by atoms with Crippen LogP contribution in [0.5, 0.6) is 0 Å². The summed E-state index contributed by atoms with van der Waals surface area (Å²) in [5, 5.41) is 4.31. The number of likely N-dealkylation sites (tertiary alicyclic amines) is 1. The Hall–Kier alpha value is -1.83. The Labute approximate surface area is 178 Å². The molecule has 3 rings (SSSR count). The van der Waals surface area contributed by atoms with Crippen molar-refractivity contribution in [3.05, 3.63) is 34.9 Å². The number of aliphatic imine (C=N–C) groups is 1. The first-order chi connectivity index (χ1) is 14.1. The van der Waals surface area contributed by atoms with Gasteiger partial charge in [0.15, 0.2) is 5.96 Å². The SMILES string of the molecule is CN=C(NCC(c1ccc(Cl)cc1)N1CCOCC1)N1CCCC(CC(N)=O)C1. The average molecular weight is 422 g/mol. The van der Waals surface area contributed by atoms with Gasteiger partial charge in [0.1, 0.15) is 0 Å². The number of nitrogens with two attached hydrogens (primary N) is 1. The van der Waals surface area contributed by atoms with Gasteiger partial charge in [0, 0.05) is 51.2 Å². The lowest BCUT2D eigenvalue weighted by molar-refractivity contribution is -0.119. The second-order valence-corrected chi connectivity index (χ2v) is 8.20. The van der Waals surface area contributed by atoms with Gasteiger partial charge in [-0.2, -0.15) is 0 Å². The maximum atomic E-state index is 11.3. The first kappa shape index (κ1) is 21.9. The minimum absolute atomic E-state index is 0.208. The maximum absolute atomic E-state index is 11.3. The molecule has 0 spiro atoms. The van der Waals surface area contributed by atoms with Crippen LogP contribution >= 0.6 is 11.6 Å². The number of primary amides is 1. The second kappa shape index (κ2) is 10.8. The number of carbonyl (C=O) groups is 1. The number of piperidine rings is 1. The Balaban J connectivity index is 1.66. The molecule has 0 radical (unpaired) electrons. The molecule has 1 aromatic rings. The number of amides is 1. The Morgan fingerprint density at radius 3 is 2.69 bits per heavy atom. The number of guanidine groups is 1. The van der Waals surface area contributed by atoms with E-state index in [0.29, 0.717) is 12.3 Å². The van der Waals surface area contributed by atoms with Crippen LogP contribution in [0.1, 0.15) is 30.9 Å². The van der Waals surface area contributed by atoms with E-state index in [1.807, 2.05) is 19.2 Å². The van der Waals surface area contributed by atoms with Crippen molar-refractivity contribution in [2.75, 3.05) is 53.0 Å². The number of halogens is 1. The summed E-state index contributed by atoms with van der Waals surface area (Å²) < 4.78 is 5.54. The molecule has 160 valence electrons. The van der Waals surface area contributed by atoms with E-state index in [2.05, 4.69) is 32.2 Å². The topological polar surface area (TPSA) is 83.2 Å². The molecule has 0 bridgehead atoms. The van der Waals surface area contributed by atoms with Crippen molar-refractivity contribution in [1.82, 2.24) is 15.1 Å². The number of hydrogen-bond acceptors (Lipinski definition) is 4. The van der Waals surface area contributed by atoms with Gasteiger partial charge >= 0.3 is 0 Å². The third-order valence-corrected chi connectivity index (χ3v) is 5.97. The van der Waals surface area contributed by atoms with Crippen LogP contribution in [0.4, 0.5) is 0 Å². The summed E-state index contributed by atoms with van der Waals surface area (Å²) in [6, 6.07) is 8.28. The smallest absolute Gasteiger partial charge is 0.217 e. The molecule has 29 heavy (non-hydrogen) atoms. The normalized spacial score (nSPS) is 22.3. The van der Waals surface area contributed by atoms with Crippen LogP contribution in [0.25, 0.3) is 0 Å². The van der Waals surface area contributed by atoms with Crippen LogP contribution in [-0.2, 0) is 9.53 Å². The van der Waals surface area contributed by atoms with E-state index in [-0.39, 0.29) is 11.9 Å². The van der Waals surface area contributed by atoms with Crippen LogP contribution in [0.3, 0.4) is 0 Å². The fourth-order valence-electron chi connectivity index (χ4n) is 4.26. The molecular formula is C21H32ClN5O2. The second-order valence-electron chi connectivity index (χ2n) is 7.77. The van der Waals surface area contributed by atoms with Gasteiger partial charge in [-0.15, -0.1) is 0 Å². The van der Waals surface area contributed by atoms with Gasteiger partial charge in [0.05, 0.1) is 19.3 Å². The van der Waals surface area contributed by atoms with Gasteiger partial charge in [-0.25, -0.2) is 0 Å². The van der Waals surface area contributed by atoms with Crippen molar-refractivity contribution in [2.45, 2.75) is 25.3 Å². The summed E-state index contributed by atoms with van der Waals surface area (Å²) in [6.45, 7) is 5.80. The van der Waals surface area contributed by atoms with E-state index in [0.717, 1.165) is 69.8 Å². The van der Waals surface area contributed by atoms with Crippen LogP contribution in [-0.4, -0.2) is 74.7 Å². The summed E-state index contributed by atoms with van der Waals surface area (Å²) in [4.78, 5) is 20.5. The highest BCUT2D eigenvalue weighted by Crippen LogP contribution is 2.24. The molecule has 2 atom stereocenters. The predicted molar refractivity (Wildman–Crippen MR) is 116 cm³/mol. The van der Waals surface area contributed by atoms with E-state index in [9.17, 15) is 4.79 Å². The molecule has 8 heteroatoms. The Morgan fingerprint density at radius 1 is 1.31 bits per heavy atom. The molecule has 2 heterocycles. The summed E-state index contributed by atoms with van der Waals surface area (Å²) >= 11 is 6.10. The zero-order chi connectivity index (χ0) is 20.6. The van der Waals surface area contributed by atoms with Crippen molar-refractivity contribution in [1.29, 1.82) is 0 Å². The standard InChI is InChI=1S/C21H32ClN5O2/c1-24-21(27-8-2-3-16(15-27)13-20(23)28)25-14-19(26-9-11-29-12-10-26)17-4-6-18(22)7-5-17/h4-7,16,19H,2-3,8-15H2,1H3,(H2,23,28)(H,24,25). The van der Waals surface area contributed by atoms with Gasteiger partial charge < -0.3 is 20.7 Å². The highest BCUT2D eigenvalue weighted by molar-refractivity contribution is 6.30. The minimum atomic E-state index is -0.227. The van der Waals surface area contributed by atoms with Crippen molar-refractivity contribution in [3.63, 3.8) is 0 Å². The molecular weight excluding hydrogens is 390 g/mol. The monoisotopic (exact) mass is 421 g/mol. The largest absolute Gasteiger partial charge is 0.379 e. The maximum Gasteiger partial charge on any atom is 0.217 e. The number of hydrogen-bond donors (Lipinski definition) is 2. The molecule has 2 aliphatic rings. The van der Waals surface area contributed by atoms with Crippen molar-refractivity contribution >= 4 is 23.5 Å². The number of nitrogens with zero attached hydrogens (tertiary/aromatic N) is 3. The Kier molecular flexibility index (Phi) is 8.15. The molecule has 2 unspecified atom stereocenters. The van der Waals surface area contributed by atoms with Gasteiger partial charge in [0.2, 0.25) is 5.91 Å². The van der Waals surface area contributed by atoms with E-state index in [4.69, 9.17) is 22.1 Å². The quantitative estimate of drug-likeness (QED) is 0.541. The number of benzene rings is 1. The molecule has 7 nitrogen and oxygen atoms in total. The zero-order valence-electron chi connectivity index (χ0n) is 17.1. The minimum Gasteiger partial charge on any atom is -0.379 e. The van der Waals surface area contributed by atoms with E-state index < -0.39 is 0 Å². The highest BCUT2D eigenvalue weighted by Gasteiger charge is 2.26. The van der Waals surface area contributed by atoms with Crippen LogP contribution in [0.15, 0.2) is 29.3 Å². The third-order valence-electron chi connectivity index (χ3n) is 5.71. The number of morpholine rings is 1. The van der Waals surface area contributed by atoms with Gasteiger partial charge in [-0.05, 0) is 36.5 Å². The predicted octanol–water partition coefficient (Wildman–Crippen LogP) is 1.88. The summed E-state index contributed by atoms with van der Waals surface area (Å²) in [7, 11) is 1.81. The molecule has 2 fully saturated rings. The van der Waals surface area contributed by atoms with Crippen molar-refractivity contribution in [3.8, 4) is 0 Å². The molecule has 2 aliphatic heterocycles. The fraction of sp³-hybridized carbons (Fsp3) is 0.619. The van der Waals surface area contributed by atoms with Gasteiger partial charge in [0.25, 0.3) is 0 Å². The first-order valence-corrected chi connectivity index (χ1v) is 10.8. The molecule has 1 aromatic carbocycles. The fourth-order valence-corrected chi connectivity index (χ4v) is 4.39. The molecule has 2 saturated heterocycles. The molecule has 0 aromatic heterocycles. The zero-order valence-corrected chi connectivity index (χ0v) is 17.9. The third kappa shape index (κ3) is 6.32. The lowest BCUT2D eigenvalue weighted by Crippen LogP contribution is -2.50. The lowest BCUT2D eigenvalue weighted by atomic mass is 9.95. The lowest BCUT2D eigenvalue weighted by Gasteiger charge is -2.38. The molecule has 3 N–H and O–H groups in total. The van der Waals surface area contributed by atoms with Crippen molar-refractivity contribution < 1.29 is 9.53 Å². The van der Waals surface area contributed by atoms with Gasteiger partial charge in [-0.3, -0.25) is 14.7 Å². The number of nitrogens with one attached hydrogen (secondary N) is 1. The summed E-state index contributed by atoms with van der Waals surface area (Å²) in [5.41, 5.74) is 6.63. The number of ether oxygens (including phenoxy) is 1.